The van der Waals surface area contributed by atoms with Gasteiger partial charge in [0.25, 0.3) is 0 Å². The Morgan fingerprint density at radius 1 is 1.09 bits per heavy atom. The van der Waals surface area contributed by atoms with E-state index in [1.54, 1.807) is 0 Å². The minimum Gasteiger partial charge on any atom is -0.494 e. The number of nitrogens with two attached hydrogens (primary N) is 1. The minimum atomic E-state index is -0.391. The third-order valence-electron chi connectivity index (χ3n) is 5.66. The average Bonchev–Trinajstić information content (AvgIpc) is 3.25. The van der Waals surface area contributed by atoms with Gasteiger partial charge >= 0.3 is 0 Å². The van der Waals surface area contributed by atoms with Crippen LogP contribution in [0, 0.1) is 11.3 Å². The average molecular weight is 422 g/mol. The van der Waals surface area contributed by atoms with Crippen LogP contribution in [0.3, 0.4) is 0 Å². The third-order valence-corrected chi connectivity index (χ3v) is 5.66. The summed E-state index contributed by atoms with van der Waals surface area (Å²) in [7, 11) is 0. The van der Waals surface area contributed by atoms with Gasteiger partial charge in [-0.3, -0.25) is 5.10 Å². The molecule has 1 aromatic heterocycles. The molecule has 0 spiro atoms. The highest BCUT2D eigenvalue weighted by Gasteiger charge is 2.35. The van der Waals surface area contributed by atoms with E-state index in [1.807, 2.05) is 42.5 Å². The summed E-state index contributed by atoms with van der Waals surface area (Å²) in [6.07, 6.45) is 0.950. The first-order chi connectivity index (χ1) is 15.7. The van der Waals surface area contributed by atoms with Gasteiger partial charge in [0, 0.05) is 5.56 Å². The van der Waals surface area contributed by atoms with Crippen LogP contribution in [-0.4, -0.2) is 16.8 Å². The van der Waals surface area contributed by atoms with Gasteiger partial charge in [-0.15, -0.1) is 5.10 Å². The van der Waals surface area contributed by atoms with Gasteiger partial charge in [0.1, 0.15) is 17.4 Å². The summed E-state index contributed by atoms with van der Waals surface area (Å²) in [5.74, 6) is 0.895. The Labute approximate surface area is 185 Å². The summed E-state index contributed by atoms with van der Waals surface area (Å²) < 4.78 is 11.4. The summed E-state index contributed by atoms with van der Waals surface area (Å²) >= 11 is 0. The van der Waals surface area contributed by atoms with Gasteiger partial charge in [0.2, 0.25) is 11.8 Å². The molecule has 0 saturated heterocycles. The Kier molecular flexibility index (Phi) is 5.00. The molecule has 2 heterocycles. The Bertz CT molecular complexity index is 1360. The molecule has 1 atom stereocenters. The number of hydrogen-bond acceptors (Lipinski definition) is 5. The lowest BCUT2D eigenvalue weighted by Crippen LogP contribution is -2.21. The number of nitrogens with one attached hydrogen (secondary N) is 1. The second-order valence-electron chi connectivity index (χ2n) is 7.72. The van der Waals surface area contributed by atoms with Gasteiger partial charge in [0.05, 0.1) is 23.8 Å². The van der Waals surface area contributed by atoms with Crippen molar-refractivity contribution in [2.75, 3.05) is 6.61 Å². The van der Waals surface area contributed by atoms with E-state index in [1.165, 1.54) is 0 Å². The van der Waals surface area contributed by atoms with Crippen molar-refractivity contribution in [3.8, 4) is 29.0 Å². The molecule has 5 rings (SSSR count). The maximum atomic E-state index is 9.93. The van der Waals surface area contributed by atoms with Crippen molar-refractivity contribution in [1.82, 2.24) is 10.2 Å². The predicted molar refractivity (Wildman–Crippen MR) is 123 cm³/mol. The molecule has 1 aliphatic rings. The fourth-order valence-electron chi connectivity index (χ4n) is 4.12. The van der Waals surface area contributed by atoms with E-state index < -0.39 is 5.92 Å². The molecular formula is C26H22N4O2. The molecule has 1 aliphatic heterocycles. The molecule has 0 radical (unpaired) electrons. The minimum absolute atomic E-state index is 0.0829. The maximum Gasteiger partial charge on any atom is 0.244 e. The monoisotopic (exact) mass is 422 g/mol. The predicted octanol–water partition coefficient (Wildman–Crippen LogP) is 5.24. The number of nitrogens with zero attached hydrogens (tertiary/aromatic N) is 2. The van der Waals surface area contributed by atoms with Crippen LogP contribution < -0.4 is 15.2 Å². The van der Waals surface area contributed by atoms with Crippen LogP contribution in [0.2, 0.25) is 0 Å². The number of fused-ring (bicyclic) bond motifs is 2. The van der Waals surface area contributed by atoms with Crippen molar-refractivity contribution in [1.29, 1.82) is 5.26 Å². The highest BCUT2D eigenvalue weighted by molar-refractivity contribution is 5.84. The molecule has 0 bridgehead atoms. The molecule has 0 amide bonds. The second kappa shape index (κ2) is 8.12. The maximum absolute atomic E-state index is 9.93. The first kappa shape index (κ1) is 19.7. The number of ether oxygens (including phenoxy) is 2. The molecule has 6 nitrogen and oxygen atoms in total. The van der Waals surface area contributed by atoms with E-state index in [0.29, 0.717) is 18.1 Å². The van der Waals surface area contributed by atoms with E-state index in [9.17, 15) is 5.26 Å². The number of benzene rings is 3. The Morgan fingerprint density at radius 3 is 2.62 bits per heavy atom. The summed E-state index contributed by atoms with van der Waals surface area (Å²) in [6, 6.07) is 24.4. The smallest absolute Gasteiger partial charge is 0.244 e. The molecule has 0 aliphatic carbocycles. The zero-order valence-corrected chi connectivity index (χ0v) is 17.6. The van der Waals surface area contributed by atoms with E-state index in [4.69, 9.17) is 15.2 Å². The number of aromatic nitrogens is 2. The number of aromatic amines is 1. The molecule has 0 unspecified atom stereocenters. The van der Waals surface area contributed by atoms with Crippen molar-refractivity contribution in [3.05, 3.63) is 89.3 Å². The van der Waals surface area contributed by atoms with E-state index in [0.717, 1.165) is 45.3 Å². The fourth-order valence-corrected chi connectivity index (χ4v) is 4.12. The second-order valence-corrected chi connectivity index (χ2v) is 7.72. The zero-order valence-electron chi connectivity index (χ0n) is 17.6. The van der Waals surface area contributed by atoms with Crippen LogP contribution in [0.4, 0.5) is 0 Å². The molecule has 3 N–H and O–H groups in total. The van der Waals surface area contributed by atoms with Crippen molar-refractivity contribution in [3.63, 3.8) is 0 Å². The number of rotatable bonds is 5. The quantitative estimate of drug-likeness (QED) is 0.459. The Hall–Kier alpha value is -4.24. The lowest BCUT2D eigenvalue weighted by Gasteiger charge is -2.24. The van der Waals surface area contributed by atoms with E-state index in [-0.39, 0.29) is 5.88 Å². The summed E-state index contributed by atoms with van der Waals surface area (Å²) in [5.41, 5.74) is 9.97. The van der Waals surface area contributed by atoms with Crippen LogP contribution in [0.1, 0.15) is 30.4 Å². The van der Waals surface area contributed by atoms with Crippen molar-refractivity contribution in [2.24, 2.45) is 5.73 Å². The zero-order chi connectivity index (χ0) is 22.1. The molecule has 0 fully saturated rings. The largest absolute Gasteiger partial charge is 0.494 e. The molecule has 6 heteroatoms. The Morgan fingerprint density at radius 2 is 1.88 bits per heavy atom. The number of nitriles is 1. The first-order valence-corrected chi connectivity index (χ1v) is 10.6. The molecule has 3 aromatic carbocycles. The standard InChI is InChI=1S/C26H22N4O2/c1-2-13-31-20-11-9-17(10-12-20)24-23-22(21(15-27)25(28)32-26(23)30-29-24)19-8-7-16-5-3-4-6-18(16)14-19/h3-12,14,22H,2,13,28H2,1H3,(H,29,30)/t22-/m0/s1. The van der Waals surface area contributed by atoms with Crippen LogP contribution >= 0.6 is 0 Å². The first-order valence-electron chi connectivity index (χ1n) is 10.6. The Balaban J connectivity index is 1.63. The molecule has 32 heavy (non-hydrogen) atoms. The normalized spacial score (nSPS) is 15.2. The fraction of sp³-hybridized carbons (Fsp3) is 0.154. The topological polar surface area (TPSA) is 97.0 Å². The molecule has 4 aromatic rings. The lowest BCUT2D eigenvalue weighted by molar-refractivity contribution is 0.317. The van der Waals surface area contributed by atoms with Gasteiger partial charge in [-0.25, -0.2) is 0 Å². The van der Waals surface area contributed by atoms with Crippen LogP contribution in [0.25, 0.3) is 22.0 Å². The molecule has 0 saturated carbocycles. The number of hydrogen-bond donors (Lipinski definition) is 2. The third kappa shape index (κ3) is 3.34. The van der Waals surface area contributed by atoms with Crippen LogP contribution in [0.5, 0.6) is 11.6 Å². The lowest BCUT2D eigenvalue weighted by atomic mass is 9.82. The van der Waals surface area contributed by atoms with E-state index >= 15 is 0 Å². The van der Waals surface area contributed by atoms with Gasteiger partial charge in [-0.05, 0) is 47.0 Å². The van der Waals surface area contributed by atoms with Gasteiger partial charge in [-0.2, -0.15) is 5.26 Å². The van der Waals surface area contributed by atoms with Crippen LogP contribution in [-0.2, 0) is 0 Å². The van der Waals surface area contributed by atoms with Crippen molar-refractivity contribution >= 4 is 10.8 Å². The van der Waals surface area contributed by atoms with Crippen molar-refractivity contribution in [2.45, 2.75) is 19.3 Å². The van der Waals surface area contributed by atoms with Gasteiger partial charge in [-0.1, -0.05) is 49.4 Å². The summed E-state index contributed by atoms with van der Waals surface area (Å²) in [5, 5.41) is 19.6. The van der Waals surface area contributed by atoms with Crippen molar-refractivity contribution < 1.29 is 9.47 Å². The molecule has 158 valence electrons. The molecular weight excluding hydrogens is 400 g/mol. The van der Waals surface area contributed by atoms with Crippen LogP contribution in [0.15, 0.2) is 78.2 Å². The van der Waals surface area contributed by atoms with Gasteiger partial charge < -0.3 is 15.2 Å². The SMILES string of the molecule is CCCOc1ccc(-c2[nH]nc3c2[C@@H](c2ccc4ccccc4c2)C(C#N)=C(N)O3)cc1. The highest BCUT2D eigenvalue weighted by Crippen LogP contribution is 2.46. The number of allylic oxidation sites excluding steroid dienone is 1. The van der Waals surface area contributed by atoms with Gasteiger partial charge in [0.15, 0.2) is 0 Å². The summed E-state index contributed by atoms with van der Waals surface area (Å²) in [4.78, 5) is 0. The van der Waals surface area contributed by atoms with E-state index in [2.05, 4.69) is 47.5 Å². The number of H-pyrrole nitrogens is 1. The summed E-state index contributed by atoms with van der Waals surface area (Å²) in [6.45, 7) is 2.75. The highest BCUT2D eigenvalue weighted by atomic mass is 16.5.